The fourth-order valence-corrected chi connectivity index (χ4v) is 2.85. The number of benzene rings is 1. The number of carbonyl (C=O) groups excluding carboxylic acids is 1. The lowest BCUT2D eigenvalue weighted by Crippen LogP contribution is -2.49. The van der Waals surface area contributed by atoms with Gasteiger partial charge in [-0.15, -0.1) is 0 Å². The summed E-state index contributed by atoms with van der Waals surface area (Å²) in [5.41, 5.74) is 7.35. The van der Waals surface area contributed by atoms with Crippen LogP contribution in [0.3, 0.4) is 0 Å². The van der Waals surface area contributed by atoms with E-state index in [2.05, 4.69) is 0 Å². The summed E-state index contributed by atoms with van der Waals surface area (Å²) in [4.78, 5) is 14.1. The maximum Gasteiger partial charge on any atom is 0.223 e. The molecule has 1 saturated heterocycles. The quantitative estimate of drug-likeness (QED) is 0.811. The van der Waals surface area contributed by atoms with Crippen molar-refractivity contribution in [2.75, 3.05) is 27.4 Å². The topological polar surface area (TPSA) is 64.8 Å². The van der Waals surface area contributed by atoms with Gasteiger partial charge in [0.15, 0.2) is 0 Å². The summed E-state index contributed by atoms with van der Waals surface area (Å²) in [5.74, 6) is 0.981. The summed E-state index contributed by atoms with van der Waals surface area (Å²) in [7, 11) is 3.31. The van der Waals surface area contributed by atoms with Gasteiger partial charge in [0.05, 0.1) is 13.2 Å². The molecule has 0 aromatic heterocycles. The van der Waals surface area contributed by atoms with Crippen molar-refractivity contribution in [1.82, 2.24) is 4.90 Å². The molecule has 0 aliphatic carbocycles. The van der Waals surface area contributed by atoms with Gasteiger partial charge in [0, 0.05) is 32.7 Å². The van der Waals surface area contributed by atoms with Gasteiger partial charge in [-0.25, -0.2) is 0 Å². The first-order valence-electron chi connectivity index (χ1n) is 7.35. The molecule has 21 heavy (non-hydrogen) atoms. The Kier molecular flexibility index (Phi) is 5.59. The van der Waals surface area contributed by atoms with Crippen LogP contribution in [0.5, 0.6) is 5.75 Å². The van der Waals surface area contributed by atoms with Gasteiger partial charge in [-0.1, -0.05) is 12.1 Å². The molecule has 5 heteroatoms. The Morgan fingerprint density at radius 1 is 1.29 bits per heavy atom. The van der Waals surface area contributed by atoms with Crippen molar-refractivity contribution in [2.24, 2.45) is 5.73 Å². The van der Waals surface area contributed by atoms with Gasteiger partial charge >= 0.3 is 0 Å². The summed E-state index contributed by atoms with van der Waals surface area (Å²) in [6.07, 6.45) is 2.08. The number of piperidine rings is 1. The molecule has 1 amide bonds. The van der Waals surface area contributed by atoms with E-state index < -0.39 is 0 Å². The first kappa shape index (κ1) is 15.8. The molecule has 5 nitrogen and oxygen atoms in total. The highest BCUT2D eigenvalue weighted by Crippen LogP contribution is 2.31. The highest BCUT2D eigenvalue weighted by atomic mass is 16.5. The van der Waals surface area contributed by atoms with Crippen LogP contribution in [0.1, 0.15) is 30.9 Å². The number of amides is 1. The molecule has 1 heterocycles. The third-order valence-electron chi connectivity index (χ3n) is 3.96. The Labute approximate surface area is 126 Å². The number of rotatable bonds is 6. The lowest BCUT2D eigenvalue weighted by atomic mass is 9.90. The first-order valence-corrected chi connectivity index (χ1v) is 7.35. The lowest BCUT2D eigenvalue weighted by Gasteiger charge is -2.40. The highest BCUT2D eigenvalue weighted by Gasteiger charge is 2.34. The average molecular weight is 292 g/mol. The molecule has 1 aromatic carbocycles. The van der Waals surface area contributed by atoms with Crippen LogP contribution < -0.4 is 10.5 Å². The van der Waals surface area contributed by atoms with Crippen LogP contribution in [-0.2, 0) is 9.53 Å². The van der Waals surface area contributed by atoms with E-state index in [9.17, 15) is 4.79 Å². The second kappa shape index (κ2) is 7.43. The minimum absolute atomic E-state index is 0.0290. The van der Waals surface area contributed by atoms with Crippen LogP contribution in [0.25, 0.3) is 0 Å². The SMILES string of the molecule is COCCCN1C(=O)CCC(N)C1c1ccc(OC)cc1. The smallest absolute Gasteiger partial charge is 0.223 e. The third-order valence-corrected chi connectivity index (χ3v) is 3.96. The van der Waals surface area contributed by atoms with E-state index in [1.165, 1.54) is 0 Å². The molecule has 0 bridgehead atoms. The Bertz CT molecular complexity index is 461. The molecular formula is C16H24N2O3. The average Bonchev–Trinajstić information content (AvgIpc) is 2.51. The summed E-state index contributed by atoms with van der Waals surface area (Å²) >= 11 is 0. The van der Waals surface area contributed by atoms with Crippen molar-refractivity contribution in [3.8, 4) is 5.75 Å². The Balaban J connectivity index is 2.18. The first-order chi connectivity index (χ1) is 10.2. The zero-order valence-corrected chi connectivity index (χ0v) is 12.7. The van der Waals surface area contributed by atoms with Crippen LogP contribution in [0, 0.1) is 0 Å². The normalized spacial score (nSPS) is 22.4. The molecule has 2 N–H and O–H groups in total. The number of hydrogen-bond donors (Lipinski definition) is 1. The monoisotopic (exact) mass is 292 g/mol. The molecule has 1 aliphatic rings. The predicted molar refractivity (Wildman–Crippen MR) is 81.2 cm³/mol. The molecule has 2 atom stereocenters. The van der Waals surface area contributed by atoms with E-state index in [1.807, 2.05) is 29.2 Å². The largest absolute Gasteiger partial charge is 0.497 e. The number of nitrogens with zero attached hydrogens (tertiary/aromatic N) is 1. The van der Waals surface area contributed by atoms with E-state index in [1.54, 1.807) is 14.2 Å². The maximum atomic E-state index is 12.2. The van der Waals surface area contributed by atoms with Crippen molar-refractivity contribution in [3.63, 3.8) is 0 Å². The van der Waals surface area contributed by atoms with E-state index in [0.717, 1.165) is 24.2 Å². The number of ether oxygens (including phenoxy) is 2. The second-order valence-corrected chi connectivity index (χ2v) is 5.35. The van der Waals surface area contributed by atoms with Crippen LogP contribution in [0.2, 0.25) is 0 Å². The highest BCUT2D eigenvalue weighted by molar-refractivity contribution is 5.78. The third kappa shape index (κ3) is 3.74. The Hall–Kier alpha value is -1.59. The van der Waals surface area contributed by atoms with Gasteiger partial charge in [0.1, 0.15) is 5.75 Å². The van der Waals surface area contributed by atoms with Gasteiger partial charge < -0.3 is 20.1 Å². The van der Waals surface area contributed by atoms with E-state index >= 15 is 0 Å². The molecular weight excluding hydrogens is 268 g/mol. The molecule has 1 fully saturated rings. The fourth-order valence-electron chi connectivity index (χ4n) is 2.85. The van der Waals surface area contributed by atoms with Crippen molar-refractivity contribution in [1.29, 1.82) is 0 Å². The maximum absolute atomic E-state index is 12.2. The molecule has 2 rings (SSSR count). The Morgan fingerprint density at radius 3 is 2.62 bits per heavy atom. The van der Waals surface area contributed by atoms with Crippen LogP contribution in [-0.4, -0.2) is 44.2 Å². The van der Waals surface area contributed by atoms with Gasteiger partial charge in [-0.3, -0.25) is 4.79 Å². The fraction of sp³-hybridized carbons (Fsp3) is 0.562. The Morgan fingerprint density at radius 2 is 2.00 bits per heavy atom. The lowest BCUT2D eigenvalue weighted by molar-refractivity contribution is -0.137. The number of carbonyl (C=O) groups is 1. The predicted octanol–water partition coefficient (Wildman–Crippen LogP) is 1.72. The molecule has 1 aromatic rings. The number of methoxy groups -OCH3 is 2. The standard InChI is InChI=1S/C16H24N2O3/c1-20-11-3-10-18-15(19)9-8-14(17)16(18)12-4-6-13(21-2)7-5-12/h4-7,14,16H,3,8-11,17H2,1-2H3. The molecule has 1 aliphatic heterocycles. The number of likely N-dealkylation sites (tertiary alicyclic amines) is 1. The zero-order valence-electron chi connectivity index (χ0n) is 12.7. The van der Waals surface area contributed by atoms with Gasteiger partial charge in [-0.05, 0) is 30.5 Å². The van der Waals surface area contributed by atoms with Gasteiger partial charge in [-0.2, -0.15) is 0 Å². The summed E-state index contributed by atoms with van der Waals surface area (Å²) in [5, 5.41) is 0. The van der Waals surface area contributed by atoms with E-state index in [-0.39, 0.29) is 18.0 Å². The molecule has 116 valence electrons. The van der Waals surface area contributed by atoms with Crippen LogP contribution in [0.15, 0.2) is 24.3 Å². The van der Waals surface area contributed by atoms with E-state index in [0.29, 0.717) is 19.6 Å². The minimum atomic E-state index is -0.0611. The van der Waals surface area contributed by atoms with Crippen molar-refractivity contribution in [2.45, 2.75) is 31.3 Å². The van der Waals surface area contributed by atoms with E-state index in [4.69, 9.17) is 15.2 Å². The van der Waals surface area contributed by atoms with Crippen molar-refractivity contribution < 1.29 is 14.3 Å². The summed E-state index contributed by atoms with van der Waals surface area (Å²) < 4.78 is 10.3. The van der Waals surface area contributed by atoms with Crippen LogP contribution in [0.4, 0.5) is 0 Å². The van der Waals surface area contributed by atoms with Gasteiger partial charge in [0.25, 0.3) is 0 Å². The second-order valence-electron chi connectivity index (χ2n) is 5.35. The molecule has 0 saturated carbocycles. The molecule has 0 radical (unpaired) electrons. The molecule has 2 unspecified atom stereocenters. The zero-order chi connectivity index (χ0) is 15.2. The summed E-state index contributed by atoms with van der Waals surface area (Å²) in [6.45, 7) is 1.32. The minimum Gasteiger partial charge on any atom is -0.497 e. The summed E-state index contributed by atoms with van der Waals surface area (Å²) in [6, 6.07) is 7.71. The van der Waals surface area contributed by atoms with Crippen molar-refractivity contribution in [3.05, 3.63) is 29.8 Å². The number of hydrogen-bond acceptors (Lipinski definition) is 4. The number of nitrogens with two attached hydrogens (primary N) is 1. The van der Waals surface area contributed by atoms with Crippen LogP contribution >= 0.6 is 0 Å². The molecule has 0 spiro atoms. The van der Waals surface area contributed by atoms with Crippen molar-refractivity contribution >= 4 is 5.91 Å². The van der Waals surface area contributed by atoms with Gasteiger partial charge in [0.2, 0.25) is 5.91 Å².